The van der Waals surface area contributed by atoms with Gasteiger partial charge in [0, 0.05) is 44.3 Å². The van der Waals surface area contributed by atoms with Gasteiger partial charge < -0.3 is 25.0 Å². The molecular formula is C15H27IN4O3. The van der Waals surface area contributed by atoms with E-state index in [4.69, 9.17) is 9.26 Å². The van der Waals surface area contributed by atoms with Crippen LogP contribution in [0.4, 0.5) is 0 Å². The lowest BCUT2D eigenvalue weighted by Gasteiger charge is -2.35. The standard InChI is InChI=1S/C15H26N4O3.HI/c1-11-13(12(2)22-19-11)8-17-14(16-3)18-9-15(10-20)4-6-21-7-5-15;/h20H,4-10H2,1-3H3,(H2,16,17,18);1H. The first-order valence-corrected chi connectivity index (χ1v) is 7.65. The zero-order valence-corrected chi connectivity index (χ0v) is 16.3. The summed E-state index contributed by atoms with van der Waals surface area (Å²) >= 11 is 0. The highest BCUT2D eigenvalue weighted by Gasteiger charge is 2.32. The van der Waals surface area contributed by atoms with Crippen LogP contribution in [0.3, 0.4) is 0 Å². The van der Waals surface area contributed by atoms with E-state index < -0.39 is 0 Å². The molecule has 2 rings (SSSR count). The second-order valence-corrected chi connectivity index (χ2v) is 5.85. The summed E-state index contributed by atoms with van der Waals surface area (Å²) in [5.41, 5.74) is 1.81. The Bertz CT molecular complexity index is 493. The first-order valence-electron chi connectivity index (χ1n) is 7.65. The molecule has 0 bridgehead atoms. The summed E-state index contributed by atoms with van der Waals surface area (Å²) in [4.78, 5) is 4.23. The molecule has 23 heavy (non-hydrogen) atoms. The maximum absolute atomic E-state index is 9.70. The van der Waals surface area contributed by atoms with Crippen LogP contribution in [-0.4, -0.2) is 49.6 Å². The van der Waals surface area contributed by atoms with Crippen molar-refractivity contribution >= 4 is 29.9 Å². The maximum atomic E-state index is 9.70. The minimum atomic E-state index is -0.126. The average molecular weight is 438 g/mol. The lowest BCUT2D eigenvalue weighted by molar-refractivity contribution is -0.0131. The zero-order chi connectivity index (χ0) is 16.0. The highest BCUT2D eigenvalue weighted by molar-refractivity contribution is 14.0. The van der Waals surface area contributed by atoms with Crippen LogP contribution in [0.5, 0.6) is 0 Å². The van der Waals surface area contributed by atoms with E-state index in [1.807, 2.05) is 13.8 Å². The van der Waals surface area contributed by atoms with E-state index in [1.54, 1.807) is 7.05 Å². The number of guanidine groups is 1. The third-order valence-corrected chi connectivity index (χ3v) is 4.36. The van der Waals surface area contributed by atoms with Crippen molar-refractivity contribution in [3.8, 4) is 0 Å². The molecule has 1 aliphatic rings. The molecule has 0 amide bonds. The molecule has 1 aliphatic heterocycles. The topological polar surface area (TPSA) is 91.9 Å². The van der Waals surface area contributed by atoms with Crippen molar-refractivity contribution in [3.63, 3.8) is 0 Å². The minimum absolute atomic E-state index is 0. The number of ether oxygens (including phenoxy) is 1. The average Bonchev–Trinajstić information content (AvgIpc) is 2.87. The Kier molecular flexibility index (Phi) is 8.27. The monoisotopic (exact) mass is 438 g/mol. The van der Waals surface area contributed by atoms with Gasteiger partial charge in [-0.05, 0) is 26.7 Å². The number of nitrogens with one attached hydrogen (secondary N) is 2. The van der Waals surface area contributed by atoms with Crippen molar-refractivity contribution in [1.29, 1.82) is 0 Å². The third-order valence-electron chi connectivity index (χ3n) is 4.36. The van der Waals surface area contributed by atoms with Crippen LogP contribution in [0, 0.1) is 19.3 Å². The normalized spacial score (nSPS) is 17.5. The van der Waals surface area contributed by atoms with E-state index >= 15 is 0 Å². The van der Waals surface area contributed by atoms with Gasteiger partial charge in [-0.3, -0.25) is 4.99 Å². The van der Waals surface area contributed by atoms with Crippen LogP contribution < -0.4 is 10.6 Å². The molecule has 132 valence electrons. The molecular weight excluding hydrogens is 411 g/mol. The Hall–Kier alpha value is -0.870. The summed E-state index contributed by atoms with van der Waals surface area (Å²) in [5.74, 6) is 1.52. The molecule has 1 aromatic rings. The Balaban J connectivity index is 0.00000264. The van der Waals surface area contributed by atoms with Crippen LogP contribution in [0.25, 0.3) is 0 Å². The fourth-order valence-electron chi connectivity index (χ4n) is 2.61. The highest BCUT2D eigenvalue weighted by atomic mass is 127. The lowest BCUT2D eigenvalue weighted by atomic mass is 9.81. The van der Waals surface area contributed by atoms with E-state index in [0.717, 1.165) is 29.9 Å². The highest BCUT2D eigenvalue weighted by Crippen LogP contribution is 2.28. The lowest BCUT2D eigenvalue weighted by Crippen LogP contribution is -2.47. The molecule has 1 saturated heterocycles. The predicted molar refractivity (Wildman–Crippen MR) is 99.2 cm³/mol. The summed E-state index contributed by atoms with van der Waals surface area (Å²) in [6.07, 6.45) is 1.72. The quantitative estimate of drug-likeness (QED) is 0.366. The second-order valence-electron chi connectivity index (χ2n) is 5.85. The van der Waals surface area contributed by atoms with Gasteiger partial charge >= 0.3 is 0 Å². The van der Waals surface area contributed by atoms with E-state index in [-0.39, 0.29) is 36.0 Å². The number of hydrogen-bond acceptors (Lipinski definition) is 5. The first-order chi connectivity index (χ1) is 10.6. The summed E-state index contributed by atoms with van der Waals surface area (Å²) in [7, 11) is 1.73. The van der Waals surface area contributed by atoms with Gasteiger partial charge in [-0.2, -0.15) is 0 Å². The summed E-state index contributed by atoms with van der Waals surface area (Å²) in [6.45, 7) is 6.66. The molecule has 0 spiro atoms. The Morgan fingerprint density at radius 1 is 1.30 bits per heavy atom. The molecule has 0 atom stereocenters. The Morgan fingerprint density at radius 2 is 2.00 bits per heavy atom. The summed E-state index contributed by atoms with van der Waals surface area (Å²) in [5, 5.41) is 20.2. The molecule has 0 aliphatic carbocycles. The number of rotatable bonds is 5. The van der Waals surface area contributed by atoms with Crippen molar-refractivity contribution in [2.24, 2.45) is 10.4 Å². The van der Waals surface area contributed by atoms with Crippen molar-refractivity contribution in [3.05, 3.63) is 17.0 Å². The molecule has 8 heteroatoms. The number of nitrogens with zero attached hydrogens (tertiary/aromatic N) is 2. The van der Waals surface area contributed by atoms with Gasteiger partial charge in [0.25, 0.3) is 0 Å². The van der Waals surface area contributed by atoms with Gasteiger partial charge in [0.1, 0.15) is 5.76 Å². The number of halogens is 1. The van der Waals surface area contributed by atoms with E-state index in [0.29, 0.717) is 32.3 Å². The SMILES string of the molecule is CN=C(NCc1c(C)noc1C)NCC1(CO)CCOCC1.I. The molecule has 7 nitrogen and oxygen atoms in total. The molecule has 1 fully saturated rings. The predicted octanol–water partition coefficient (Wildman–Crippen LogP) is 1.36. The van der Waals surface area contributed by atoms with E-state index in [2.05, 4.69) is 20.8 Å². The van der Waals surface area contributed by atoms with Gasteiger partial charge in [0.15, 0.2) is 5.96 Å². The van der Waals surface area contributed by atoms with Crippen molar-refractivity contribution in [1.82, 2.24) is 15.8 Å². The fraction of sp³-hybridized carbons (Fsp3) is 0.733. The minimum Gasteiger partial charge on any atom is -0.396 e. The molecule has 1 aromatic heterocycles. The third kappa shape index (κ3) is 5.32. The molecule has 0 unspecified atom stereocenters. The molecule has 0 aromatic carbocycles. The maximum Gasteiger partial charge on any atom is 0.191 e. The van der Waals surface area contributed by atoms with Gasteiger partial charge in [-0.25, -0.2) is 0 Å². The number of aliphatic imine (C=N–C) groups is 1. The molecule has 3 N–H and O–H groups in total. The number of aliphatic hydroxyl groups excluding tert-OH is 1. The summed E-state index contributed by atoms with van der Waals surface area (Å²) in [6, 6.07) is 0. The first kappa shape index (κ1) is 20.2. The van der Waals surface area contributed by atoms with Crippen LogP contribution in [-0.2, 0) is 11.3 Å². The van der Waals surface area contributed by atoms with E-state index in [9.17, 15) is 5.11 Å². The fourth-order valence-corrected chi connectivity index (χ4v) is 2.61. The van der Waals surface area contributed by atoms with Crippen molar-refractivity contribution in [2.75, 3.05) is 33.4 Å². The molecule has 2 heterocycles. The number of aromatic nitrogens is 1. The van der Waals surface area contributed by atoms with Crippen LogP contribution in [0.15, 0.2) is 9.52 Å². The van der Waals surface area contributed by atoms with Crippen LogP contribution >= 0.6 is 24.0 Å². The largest absolute Gasteiger partial charge is 0.396 e. The smallest absolute Gasteiger partial charge is 0.191 e. The van der Waals surface area contributed by atoms with E-state index in [1.165, 1.54) is 0 Å². The molecule has 0 saturated carbocycles. The van der Waals surface area contributed by atoms with Crippen molar-refractivity contribution in [2.45, 2.75) is 33.2 Å². The van der Waals surface area contributed by atoms with Gasteiger partial charge in [0.05, 0.1) is 12.3 Å². The van der Waals surface area contributed by atoms with Gasteiger partial charge in [-0.1, -0.05) is 5.16 Å². The zero-order valence-electron chi connectivity index (χ0n) is 14.0. The Morgan fingerprint density at radius 3 is 2.52 bits per heavy atom. The second kappa shape index (κ2) is 9.43. The van der Waals surface area contributed by atoms with Crippen LogP contribution in [0.1, 0.15) is 29.9 Å². The number of hydrogen-bond donors (Lipinski definition) is 3. The Labute approximate surface area is 154 Å². The summed E-state index contributed by atoms with van der Waals surface area (Å²) < 4.78 is 10.5. The van der Waals surface area contributed by atoms with Crippen molar-refractivity contribution < 1.29 is 14.4 Å². The van der Waals surface area contributed by atoms with Gasteiger partial charge in [0.2, 0.25) is 0 Å². The number of aliphatic hydroxyl groups is 1. The van der Waals surface area contributed by atoms with Gasteiger partial charge in [-0.15, -0.1) is 24.0 Å². The number of aryl methyl sites for hydroxylation is 2. The molecule has 0 radical (unpaired) electrons. The van der Waals surface area contributed by atoms with Crippen LogP contribution in [0.2, 0.25) is 0 Å².